The van der Waals surface area contributed by atoms with Gasteiger partial charge in [-0.25, -0.2) is 0 Å². The van der Waals surface area contributed by atoms with Crippen LogP contribution in [-0.4, -0.2) is 12.3 Å². The zero-order valence-electron chi connectivity index (χ0n) is 10.7. The molecule has 0 bridgehead atoms. The lowest BCUT2D eigenvalue weighted by molar-refractivity contribution is 0.103. The van der Waals surface area contributed by atoms with Gasteiger partial charge in [0, 0.05) is 26.9 Å². The molecular weight excluding hydrogens is 331 g/mol. The molecule has 0 saturated heterocycles. The van der Waals surface area contributed by atoms with E-state index >= 15 is 0 Å². The molecule has 0 fully saturated rings. The van der Waals surface area contributed by atoms with Gasteiger partial charge in [-0.15, -0.1) is 0 Å². The zero-order chi connectivity index (χ0) is 15.4. The number of halogens is 3. The number of nitrogens with zero attached hydrogens (tertiary/aromatic N) is 1. The summed E-state index contributed by atoms with van der Waals surface area (Å²) in [4.78, 5) is 12.6. The molecule has 2 rings (SSSR count). The summed E-state index contributed by atoms with van der Waals surface area (Å²) in [5, 5.41) is 12.6. The van der Waals surface area contributed by atoms with Gasteiger partial charge in [-0.2, -0.15) is 5.26 Å². The fourth-order valence-corrected chi connectivity index (χ4v) is 2.48. The van der Waals surface area contributed by atoms with Gasteiger partial charge in [-0.1, -0.05) is 34.8 Å². The Morgan fingerprint density at radius 3 is 2.38 bits per heavy atom. The van der Waals surface area contributed by atoms with Crippen LogP contribution in [-0.2, 0) is 0 Å². The smallest absolute Gasteiger partial charge is 0.196 e. The first-order valence-corrected chi connectivity index (χ1v) is 7.06. The van der Waals surface area contributed by atoms with E-state index in [0.717, 1.165) is 0 Å². The molecular formula is C15H9Cl3N2O. The number of rotatable bonds is 4. The minimum absolute atomic E-state index is 0.0796. The van der Waals surface area contributed by atoms with Gasteiger partial charge < -0.3 is 5.32 Å². The van der Waals surface area contributed by atoms with Crippen molar-refractivity contribution < 1.29 is 4.79 Å². The molecule has 1 N–H and O–H groups in total. The van der Waals surface area contributed by atoms with E-state index in [-0.39, 0.29) is 17.4 Å². The highest BCUT2D eigenvalue weighted by atomic mass is 35.5. The van der Waals surface area contributed by atoms with Gasteiger partial charge >= 0.3 is 0 Å². The van der Waals surface area contributed by atoms with Crippen LogP contribution in [0.15, 0.2) is 36.4 Å². The number of hydrogen-bond acceptors (Lipinski definition) is 3. The Hall–Kier alpha value is -1.73. The summed E-state index contributed by atoms with van der Waals surface area (Å²) in [6, 6.07) is 11.4. The average Bonchev–Trinajstić information content (AvgIpc) is 2.45. The Morgan fingerprint density at radius 1 is 1.05 bits per heavy atom. The maximum atomic E-state index is 12.6. The van der Waals surface area contributed by atoms with E-state index in [4.69, 9.17) is 40.1 Å². The second-order valence-corrected chi connectivity index (χ2v) is 5.43. The summed E-state index contributed by atoms with van der Waals surface area (Å²) in [5.41, 5.74) is 1.20. The summed E-state index contributed by atoms with van der Waals surface area (Å²) in [5.74, 6) is -0.292. The number of ketones is 1. The SMILES string of the molecule is N#CCNc1ccc(Cl)cc1C(=O)c1ccc(Cl)cc1Cl. The molecule has 0 heterocycles. The first kappa shape index (κ1) is 15.7. The number of benzene rings is 2. The molecule has 2 aromatic carbocycles. The number of carbonyl (C=O) groups is 1. The van der Waals surface area contributed by atoms with Crippen LogP contribution < -0.4 is 5.32 Å². The number of hydrogen-bond donors (Lipinski definition) is 1. The van der Waals surface area contributed by atoms with E-state index in [9.17, 15) is 4.79 Å². The van der Waals surface area contributed by atoms with Crippen molar-refractivity contribution in [1.82, 2.24) is 0 Å². The molecule has 0 aliphatic carbocycles. The Labute approximate surface area is 137 Å². The predicted octanol–water partition coefficient (Wildman–Crippen LogP) is 4.81. The molecule has 0 aliphatic heterocycles. The topological polar surface area (TPSA) is 52.9 Å². The third-order valence-electron chi connectivity index (χ3n) is 2.76. The van der Waals surface area contributed by atoms with Gasteiger partial charge in [0.15, 0.2) is 5.78 Å². The Kier molecular flexibility index (Phi) is 5.08. The zero-order valence-corrected chi connectivity index (χ0v) is 12.9. The lowest BCUT2D eigenvalue weighted by Crippen LogP contribution is -2.08. The largest absolute Gasteiger partial charge is 0.372 e. The van der Waals surface area contributed by atoms with Crippen LogP contribution in [0.1, 0.15) is 15.9 Å². The fraction of sp³-hybridized carbons (Fsp3) is 0.0667. The van der Waals surface area contributed by atoms with Gasteiger partial charge in [0.05, 0.1) is 11.1 Å². The lowest BCUT2D eigenvalue weighted by atomic mass is 10.0. The van der Waals surface area contributed by atoms with Crippen molar-refractivity contribution in [3.05, 3.63) is 62.6 Å². The van der Waals surface area contributed by atoms with Crippen LogP contribution in [0.4, 0.5) is 5.69 Å². The predicted molar refractivity (Wildman–Crippen MR) is 85.4 cm³/mol. The number of nitrogens with one attached hydrogen (secondary N) is 1. The molecule has 0 saturated carbocycles. The third kappa shape index (κ3) is 3.68. The molecule has 0 unspecified atom stereocenters. The van der Waals surface area contributed by atoms with E-state index in [1.54, 1.807) is 24.3 Å². The third-order valence-corrected chi connectivity index (χ3v) is 3.54. The first-order valence-electron chi connectivity index (χ1n) is 5.93. The number of nitriles is 1. The van der Waals surface area contributed by atoms with Crippen LogP contribution in [0.5, 0.6) is 0 Å². The lowest BCUT2D eigenvalue weighted by Gasteiger charge is -2.11. The van der Waals surface area contributed by atoms with Crippen molar-refractivity contribution in [3.8, 4) is 6.07 Å². The first-order chi connectivity index (χ1) is 10.0. The van der Waals surface area contributed by atoms with Crippen LogP contribution in [0.3, 0.4) is 0 Å². The van der Waals surface area contributed by atoms with E-state index in [1.807, 2.05) is 6.07 Å². The van der Waals surface area contributed by atoms with Crippen LogP contribution >= 0.6 is 34.8 Å². The molecule has 0 radical (unpaired) electrons. The maximum absolute atomic E-state index is 12.6. The molecule has 106 valence electrons. The van der Waals surface area contributed by atoms with E-state index in [0.29, 0.717) is 26.9 Å². The summed E-state index contributed by atoms with van der Waals surface area (Å²) < 4.78 is 0. The molecule has 0 atom stereocenters. The monoisotopic (exact) mass is 338 g/mol. The van der Waals surface area contributed by atoms with Crippen LogP contribution in [0, 0.1) is 11.3 Å². The van der Waals surface area contributed by atoms with Gasteiger partial charge in [0.2, 0.25) is 0 Å². The second-order valence-electron chi connectivity index (χ2n) is 4.15. The molecule has 6 heteroatoms. The highest BCUT2D eigenvalue weighted by Crippen LogP contribution is 2.28. The van der Waals surface area contributed by atoms with Crippen molar-refractivity contribution in [2.75, 3.05) is 11.9 Å². The quantitative estimate of drug-likeness (QED) is 0.642. The van der Waals surface area contributed by atoms with E-state index in [2.05, 4.69) is 5.32 Å². The van der Waals surface area contributed by atoms with Crippen molar-refractivity contribution >= 4 is 46.3 Å². The Bertz CT molecular complexity index is 738. The van der Waals surface area contributed by atoms with Crippen molar-refractivity contribution in [3.63, 3.8) is 0 Å². The molecule has 2 aromatic rings. The van der Waals surface area contributed by atoms with Crippen molar-refractivity contribution in [1.29, 1.82) is 5.26 Å². The summed E-state index contributed by atoms with van der Waals surface area (Å²) >= 11 is 17.8. The summed E-state index contributed by atoms with van der Waals surface area (Å²) in [6.45, 7) is 0.0796. The fourth-order valence-electron chi connectivity index (χ4n) is 1.81. The Morgan fingerprint density at radius 2 is 1.71 bits per heavy atom. The summed E-state index contributed by atoms with van der Waals surface area (Å²) in [7, 11) is 0. The van der Waals surface area contributed by atoms with Crippen molar-refractivity contribution in [2.45, 2.75) is 0 Å². The van der Waals surface area contributed by atoms with Gasteiger partial charge in [-0.05, 0) is 36.4 Å². The molecule has 0 aromatic heterocycles. The second kappa shape index (κ2) is 6.82. The minimum atomic E-state index is -0.292. The van der Waals surface area contributed by atoms with Gasteiger partial charge in [-0.3, -0.25) is 4.79 Å². The normalized spacial score (nSPS) is 10.0. The average molecular weight is 340 g/mol. The number of anilines is 1. The van der Waals surface area contributed by atoms with Crippen LogP contribution in [0.25, 0.3) is 0 Å². The van der Waals surface area contributed by atoms with E-state index < -0.39 is 0 Å². The molecule has 0 aliphatic rings. The van der Waals surface area contributed by atoms with Crippen LogP contribution in [0.2, 0.25) is 15.1 Å². The van der Waals surface area contributed by atoms with Crippen molar-refractivity contribution in [2.24, 2.45) is 0 Å². The maximum Gasteiger partial charge on any atom is 0.196 e. The number of carbonyl (C=O) groups excluding carboxylic acids is 1. The standard InChI is InChI=1S/C15H9Cl3N2O/c16-9-2-4-14(20-6-5-19)12(7-9)15(21)11-3-1-10(17)8-13(11)18/h1-4,7-8,20H,6H2. The van der Waals surface area contributed by atoms with E-state index in [1.165, 1.54) is 12.1 Å². The molecule has 21 heavy (non-hydrogen) atoms. The summed E-state index contributed by atoms with van der Waals surface area (Å²) in [6.07, 6.45) is 0. The highest BCUT2D eigenvalue weighted by molar-refractivity contribution is 6.38. The molecule has 0 spiro atoms. The molecule has 3 nitrogen and oxygen atoms in total. The Balaban J connectivity index is 2.47. The minimum Gasteiger partial charge on any atom is -0.372 e. The van der Waals surface area contributed by atoms with Gasteiger partial charge in [0.25, 0.3) is 0 Å². The molecule has 0 amide bonds. The highest BCUT2D eigenvalue weighted by Gasteiger charge is 2.17. The van der Waals surface area contributed by atoms with Gasteiger partial charge in [0.1, 0.15) is 6.54 Å².